The molecule has 0 spiro atoms. The number of hydrogen-bond acceptors (Lipinski definition) is 2. The van der Waals surface area contributed by atoms with Gasteiger partial charge >= 0.3 is 0 Å². The molecule has 2 nitrogen and oxygen atoms in total. The summed E-state index contributed by atoms with van der Waals surface area (Å²) in [4.78, 5) is 0. The highest BCUT2D eigenvalue weighted by molar-refractivity contribution is 5.39. The summed E-state index contributed by atoms with van der Waals surface area (Å²) in [5, 5.41) is 3.21. The smallest absolute Gasteiger partial charge is 0.0314 e. The average Bonchev–Trinajstić information content (AvgIpc) is 2.09. The molecule has 0 bridgehead atoms. The highest BCUT2D eigenvalue weighted by Gasteiger charge is 1.89. The van der Waals surface area contributed by atoms with Crippen molar-refractivity contribution in [2.24, 2.45) is 0 Å². The van der Waals surface area contributed by atoms with Gasteiger partial charge in [0.05, 0.1) is 0 Å². The zero-order valence-electron chi connectivity index (χ0n) is 7.09. The van der Waals surface area contributed by atoms with Crippen LogP contribution in [0.15, 0.2) is 36.9 Å². The molecule has 0 saturated carbocycles. The van der Waals surface area contributed by atoms with Crippen LogP contribution < -0.4 is 11.1 Å². The van der Waals surface area contributed by atoms with Crippen molar-refractivity contribution >= 4 is 5.69 Å². The van der Waals surface area contributed by atoms with Crippen LogP contribution in [0.2, 0.25) is 0 Å². The van der Waals surface area contributed by atoms with Crippen molar-refractivity contribution in [2.45, 2.75) is 6.54 Å². The van der Waals surface area contributed by atoms with E-state index >= 15 is 0 Å². The Kier molecular flexibility index (Phi) is 3.35. The van der Waals surface area contributed by atoms with Crippen molar-refractivity contribution in [1.29, 1.82) is 0 Å². The molecule has 0 unspecified atom stereocenters. The molecule has 0 amide bonds. The van der Waals surface area contributed by atoms with Gasteiger partial charge < -0.3 is 11.1 Å². The van der Waals surface area contributed by atoms with Gasteiger partial charge in [0, 0.05) is 18.8 Å². The molecular formula is C10H14N2. The first-order chi connectivity index (χ1) is 5.83. The van der Waals surface area contributed by atoms with Gasteiger partial charge in [-0.05, 0) is 17.7 Å². The molecule has 3 N–H and O–H groups in total. The van der Waals surface area contributed by atoms with Gasteiger partial charge in [0.25, 0.3) is 0 Å². The minimum atomic E-state index is 0.808. The van der Waals surface area contributed by atoms with Crippen LogP contribution in [0.1, 0.15) is 5.56 Å². The highest BCUT2D eigenvalue weighted by Crippen LogP contribution is 2.04. The van der Waals surface area contributed by atoms with Crippen molar-refractivity contribution in [3.8, 4) is 0 Å². The molecule has 0 saturated heterocycles. The van der Waals surface area contributed by atoms with Gasteiger partial charge in [-0.3, -0.25) is 0 Å². The Balaban J connectivity index is 2.42. The summed E-state index contributed by atoms with van der Waals surface area (Å²) in [6.45, 7) is 5.33. The lowest BCUT2D eigenvalue weighted by Crippen LogP contribution is -2.12. The third-order valence-electron chi connectivity index (χ3n) is 1.60. The summed E-state index contributed by atoms with van der Waals surface area (Å²) in [6.07, 6.45) is 1.84. The third kappa shape index (κ3) is 2.76. The van der Waals surface area contributed by atoms with Crippen LogP contribution >= 0.6 is 0 Å². The summed E-state index contributed by atoms with van der Waals surface area (Å²) in [5.41, 5.74) is 7.59. The molecule has 0 heterocycles. The van der Waals surface area contributed by atoms with E-state index in [2.05, 4.69) is 11.9 Å². The monoisotopic (exact) mass is 162 g/mol. The Morgan fingerprint density at radius 1 is 1.33 bits per heavy atom. The van der Waals surface area contributed by atoms with E-state index in [0.29, 0.717) is 0 Å². The number of benzene rings is 1. The lowest BCUT2D eigenvalue weighted by molar-refractivity contribution is 0.761. The average molecular weight is 162 g/mol. The number of hydrogen-bond donors (Lipinski definition) is 2. The van der Waals surface area contributed by atoms with E-state index in [1.807, 2.05) is 30.3 Å². The number of nitrogens with two attached hydrogens (primary N) is 1. The second-order valence-corrected chi connectivity index (χ2v) is 2.66. The summed E-state index contributed by atoms with van der Waals surface area (Å²) >= 11 is 0. The number of nitrogen functional groups attached to an aromatic ring is 1. The van der Waals surface area contributed by atoms with Gasteiger partial charge in [-0.1, -0.05) is 18.2 Å². The molecule has 1 rings (SSSR count). The predicted octanol–water partition coefficient (Wildman–Crippen LogP) is 1.54. The quantitative estimate of drug-likeness (QED) is 0.400. The van der Waals surface area contributed by atoms with E-state index < -0.39 is 0 Å². The molecule has 1 aromatic carbocycles. The van der Waals surface area contributed by atoms with Crippen LogP contribution in [0.5, 0.6) is 0 Å². The van der Waals surface area contributed by atoms with E-state index in [9.17, 15) is 0 Å². The molecule has 1 aromatic rings. The number of nitrogens with one attached hydrogen (secondary N) is 1. The molecule has 0 aromatic heterocycles. The maximum absolute atomic E-state index is 5.54. The van der Waals surface area contributed by atoms with E-state index in [4.69, 9.17) is 5.73 Å². The molecule has 2 heteroatoms. The minimum absolute atomic E-state index is 0.808. The molecule has 0 radical (unpaired) electrons. The van der Waals surface area contributed by atoms with Crippen molar-refractivity contribution in [3.63, 3.8) is 0 Å². The van der Waals surface area contributed by atoms with Crippen LogP contribution in [-0.4, -0.2) is 6.54 Å². The fraction of sp³-hybridized carbons (Fsp3) is 0.200. The molecule has 0 aliphatic carbocycles. The fourth-order valence-electron chi connectivity index (χ4n) is 0.954. The summed E-state index contributed by atoms with van der Waals surface area (Å²) in [5.74, 6) is 0. The third-order valence-corrected chi connectivity index (χ3v) is 1.60. The molecule has 0 fully saturated rings. The van der Waals surface area contributed by atoms with Gasteiger partial charge in [0.2, 0.25) is 0 Å². The van der Waals surface area contributed by atoms with Gasteiger partial charge in [0.15, 0.2) is 0 Å². The second-order valence-electron chi connectivity index (χ2n) is 2.66. The van der Waals surface area contributed by atoms with Crippen LogP contribution in [0.4, 0.5) is 5.69 Å². The zero-order chi connectivity index (χ0) is 8.81. The van der Waals surface area contributed by atoms with Crippen LogP contribution in [-0.2, 0) is 6.54 Å². The zero-order valence-corrected chi connectivity index (χ0v) is 7.09. The predicted molar refractivity (Wildman–Crippen MR) is 52.8 cm³/mol. The maximum atomic E-state index is 5.54. The topological polar surface area (TPSA) is 38.0 Å². The number of rotatable bonds is 4. The first kappa shape index (κ1) is 8.81. The van der Waals surface area contributed by atoms with Crippen molar-refractivity contribution < 1.29 is 0 Å². The van der Waals surface area contributed by atoms with Crippen LogP contribution in [0.3, 0.4) is 0 Å². The Morgan fingerprint density at radius 3 is 2.58 bits per heavy atom. The van der Waals surface area contributed by atoms with E-state index in [-0.39, 0.29) is 0 Å². The lowest BCUT2D eigenvalue weighted by atomic mass is 10.2. The van der Waals surface area contributed by atoms with E-state index in [0.717, 1.165) is 18.8 Å². The van der Waals surface area contributed by atoms with Crippen LogP contribution in [0, 0.1) is 0 Å². The van der Waals surface area contributed by atoms with Gasteiger partial charge in [0.1, 0.15) is 0 Å². The SMILES string of the molecule is C=CCNCc1ccc(N)cc1. The highest BCUT2D eigenvalue weighted by atomic mass is 14.8. The molecular weight excluding hydrogens is 148 g/mol. The Hall–Kier alpha value is -1.28. The first-order valence-electron chi connectivity index (χ1n) is 3.99. The normalized spacial score (nSPS) is 9.67. The van der Waals surface area contributed by atoms with Gasteiger partial charge in [-0.2, -0.15) is 0 Å². The Labute approximate surface area is 73.1 Å². The molecule has 0 aliphatic heterocycles. The summed E-state index contributed by atoms with van der Waals surface area (Å²) in [6, 6.07) is 7.85. The summed E-state index contributed by atoms with van der Waals surface area (Å²) < 4.78 is 0. The first-order valence-corrected chi connectivity index (χ1v) is 3.99. The Morgan fingerprint density at radius 2 is 2.00 bits per heavy atom. The molecule has 0 atom stereocenters. The summed E-state index contributed by atoms with van der Waals surface area (Å²) in [7, 11) is 0. The molecule has 12 heavy (non-hydrogen) atoms. The lowest BCUT2D eigenvalue weighted by Gasteiger charge is -2.01. The largest absolute Gasteiger partial charge is 0.399 e. The van der Waals surface area contributed by atoms with Crippen molar-refractivity contribution in [1.82, 2.24) is 5.32 Å². The fourth-order valence-corrected chi connectivity index (χ4v) is 0.954. The number of anilines is 1. The van der Waals surface area contributed by atoms with Gasteiger partial charge in [-0.15, -0.1) is 6.58 Å². The Bertz CT molecular complexity index is 239. The molecule has 64 valence electrons. The van der Waals surface area contributed by atoms with Gasteiger partial charge in [-0.25, -0.2) is 0 Å². The van der Waals surface area contributed by atoms with E-state index in [1.54, 1.807) is 0 Å². The van der Waals surface area contributed by atoms with E-state index in [1.165, 1.54) is 5.56 Å². The maximum Gasteiger partial charge on any atom is 0.0314 e. The van der Waals surface area contributed by atoms with Crippen molar-refractivity contribution in [3.05, 3.63) is 42.5 Å². The molecule has 0 aliphatic rings. The standard InChI is InChI=1S/C10H14N2/c1-2-7-12-8-9-3-5-10(11)6-4-9/h2-6,12H,1,7-8,11H2. The van der Waals surface area contributed by atoms with Crippen molar-refractivity contribution in [2.75, 3.05) is 12.3 Å². The van der Waals surface area contributed by atoms with Crippen LogP contribution in [0.25, 0.3) is 0 Å². The minimum Gasteiger partial charge on any atom is -0.399 e. The second kappa shape index (κ2) is 4.57.